The Morgan fingerprint density at radius 2 is 1.82 bits per heavy atom. The summed E-state index contributed by atoms with van der Waals surface area (Å²) >= 11 is 0. The Balaban J connectivity index is 2.15. The van der Waals surface area contributed by atoms with Crippen LogP contribution in [-0.4, -0.2) is 11.1 Å². The zero-order valence-electron chi connectivity index (χ0n) is 10.6. The number of aliphatic carboxylic acids is 1. The van der Waals surface area contributed by atoms with Crippen LogP contribution in [0.5, 0.6) is 0 Å². The van der Waals surface area contributed by atoms with Crippen molar-refractivity contribution in [3.05, 3.63) is 35.4 Å². The molecule has 1 aromatic carbocycles. The summed E-state index contributed by atoms with van der Waals surface area (Å²) in [5.41, 5.74) is 2.80. The van der Waals surface area contributed by atoms with E-state index in [1.54, 1.807) is 0 Å². The van der Waals surface area contributed by atoms with E-state index >= 15 is 0 Å². The minimum absolute atomic E-state index is 0.311. The van der Waals surface area contributed by atoms with Gasteiger partial charge in [-0.25, -0.2) is 0 Å². The molecule has 0 saturated carbocycles. The van der Waals surface area contributed by atoms with Crippen molar-refractivity contribution in [3.63, 3.8) is 0 Å². The molecular weight excluding hydrogens is 212 g/mol. The van der Waals surface area contributed by atoms with Gasteiger partial charge in [-0.05, 0) is 36.8 Å². The quantitative estimate of drug-likeness (QED) is 0.694. The summed E-state index contributed by atoms with van der Waals surface area (Å²) in [5.74, 6) is -0.680. The average Bonchev–Trinajstić information content (AvgIpc) is 2.33. The topological polar surface area (TPSA) is 37.3 Å². The van der Waals surface area contributed by atoms with Crippen molar-refractivity contribution < 1.29 is 9.90 Å². The molecule has 0 heterocycles. The average molecular weight is 234 g/mol. The Morgan fingerprint density at radius 3 is 2.53 bits per heavy atom. The lowest BCUT2D eigenvalue weighted by Crippen LogP contribution is -1.94. The molecule has 0 aliphatic carbocycles. The first-order valence-electron chi connectivity index (χ1n) is 6.52. The summed E-state index contributed by atoms with van der Waals surface area (Å²) in [6.07, 6.45) is 6.64. The molecule has 0 aliphatic heterocycles. The second-order valence-corrected chi connectivity index (χ2v) is 4.48. The van der Waals surface area contributed by atoms with Gasteiger partial charge in [0.25, 0.3) is 0 Å². The van der Waals surface area contributed by atoms with E-state index in [1.807, 2.05) is 0 Å². The maximum absolute atomic E-state index is 10.3. The van der Waals surface area contributed by atoms with Gasteiger partial charge in [0.1, 0.15) is 0 Å². The Kier molecular flexibility index (Phi) is 6.38. The van der Waals surface area contributed by atoms with Crippen LogP contribution in [0.2, 0.25) is 0 Å². The molecule has 2 heteroatoms. The molecule has 0 spiro atoms. The van der Waals surface area contributed by atoms with Crippen molar-refractivity contribution in [1.82, 2.24) is 0 Å². The van der Waals surface area contributed by atoms with Gasteiger partial charge >= 0.3 is 5.97 Å². The lowest BCUT2D eigenvalue weighted by molar-refractivity contribution is -0.137. The third-order valence-corrected chi connectivity index (χ3v) is 3.01. The molecular formula is C15H22O2. The summed E-state index contributed by atoms with van der Waals surface area (Å²) in [6, 6.07) is 8.74. The molecule has 0 aromatic heterocycles. The van der Waals surface area contributed by atoms with Crippen molar-refractivity contribution in [2.75, 3.05) is 0 Å². The van der Waals surface area contributed by atoms with E-state index in [0.29, 0.717) is 6.42 Å². The maximum atomic E-state index is 10.3. The van der Waals surface area contributed by atoms with Crippen molar-refractivity contribution in [3.8, 4) is 0 Å². The molecule has 0 bridgehead atoms. The van der Waals surface area contributed by atoms with Gasteiger partial charge in [0.05, 0.1) is 0 Å². The molecule has 94 valence electrons. The van der Waals surface area contributed by atoms with Crippen LogP contribution in [0.1, 0.15) is 50.2 Å². The summed E-state index contributed by atoms with van der Waals surface area (Å²) in [5, 5.41) is 8.51. The zero-order chi connectivity index (χ0) is 12.5. The molecule has 2 nitrogen and oxygen atoms in total. The first kappa shape index (κ1) is 13.8. The standard InChI is InChI=1S/C15H22O2/c1-2-13-9-7-10-14(12-13)8-5-3-4-6-11-15(16)17/h7,9-10,12H,2-6,8,11H2,1H3,(H,16,17). The Hall–Kier alpha value is -1.31. The van der Waals surface area contributed by atoms with Crippen LogP contribution in [-0.2, 0) is 17.6 Å². The minimum Gasteiger partial charge on any atom is -0.481 e. The molecule has 0 atom stereocenters. The van der Waals surface area contributed by atoms with E-state index in [9.17, 15) is 4.79 Å². The molecule has 17 heavy (non-hydrogen) atoms. The number of carboxylic acid groups (broad SMARTS) is 1. The Bertz CT molecular complexity index is 345. The van der Waals surface area contributed by atoms with Gasteiger partial charge in [0.15, 0.2) is 0 Å². The number of hydrogen-bond donors (Lipinski definition) is 1. The van der Waals surface area contributed by atoms with E-state index in [4.69, 9.17) is 5.11 Å². The number of rotatable bonds is 8. The van der Waals surface area contributed by atoms with E-state index in [1.165, 1.54) is 11.1 Å². The third-order valence-electron chi connectivity index (χ3n) is 3.01. The third kappa shape index (κ3) is 6.10. The lowest BCUT2D eigenvalue weighted by atomic mass is 10.0. The Labute approximate surface area is 104 Å². The van der Waals surface area contributed by atoms with Crippen LogP contribution in [0.25, 0.3) is 0 Å². The second kappa shape index (κ2) is 7.88. The molecule has 1 N–H and O–H groups in total. The fraction of sp³-hybridized carbons (Fsp3) is 0.533. The van der Waals surface area contributed by atoms with Gasteiger partial charge in [0.2, 0.25) is 0 Å². The van der Waals surface area contributed by atoms with Gasteiger partial charge < -0.3 is 5.11 Å². The van der Waals surface area contributed by atoms with Crippen LogP contribution in [0.4, 0.5) is 0 Å². The highest BCUT2D eigenvalue weighted by molar-refractivity contribution is 5.66. The van der Waals surface area contributed by atoms with Crippen LogP contribution in [0.15, 0.2) is 24.3 Å². The first-order valence-corrected chi connectivity index (χ1v) is 6.52. The molecule has 0 aliphatic rings. The highest BCUT2D eigenvalue weighted by Crippen LogP contribution is 2.11. The van der Waals surface area contributed by atoms with Gasteiger partial charge in [-0.2, -0.15) is 0 Å². The largest absolute Gasteiger partial charge is 0.481 e. The molecule has 0 fully saturated rings. The van der Waals surface area contributed by atoms with E-state index in [2.05, 4.69) is 31.2 Å². The molecule has 0 amide bonds. The van der Waals surface area contributed by atoms with Crippen LogP contribution < -0.4 is 0 Å². The van der Waals surface area contributed by atoms with Crippen molar-refractivity contribution in [2.24, 2.45) is 0 Å². The van der Waals surface area contributed by atoms with Crippen LogP contribution in [0, 0.1) is 0 Å². The van der Waals surface area contributed by atoms with E-state index in [0.717, 1.165) is 38.5 Å². The number of benzene rings is 1. The fourth-order valence-electron chi connectivity index (χ4n) is 1.96. The predicted molar refractivity (Wildman–Crippen MR) is 70.2 cm³/mol. The zero-order valence-corrected chi connectivity index (χ0v) is 10.6. The molecule has 1 aromatic rings. The number of unbranched alkanes of at least 4 members (excludes halogenated alkanes) is 3. The summed E-state index contributed by atoms with van der Waals surface area (Å²) < 4.78 is 0. The maximum Gasteiger partial charge on any atom is 0.303 e. The van der Waals surface area contributed by atoms with E-state index in [-0.39, 0.29) is 0 Å². The number of hydrogen-bond acceptors (Lipinski definition) is 1. The number of carboxylic acids is 1. The van der Waals surface area contributed by atoms with Crippen molar-refractivity contribution in [2.45, 2.75) is 51.9 Å². The van der Waals surface area contributed by atoms with Gasteiger partial charge in [-0.15, -0.1) is 0 Å². The van der Waals surface area contributed by atoms with E-state index < -0.39 is 5.97 Å². The summed E-state index contributed by atoms with van der Waals surface area (Å²) in [6.45, 7) is 2.17. The predicted octanol–water partition coefficient (Wildman–Crippen LogP) is 3.83. The van der Waals surface area contributed by atoms with Crippen LogP contribution >= 0.6 is 0 Å². The minimum atomic E-state index is -0.680. The van der Waals surface area contributed by atoms with Gasteiger partial charge in [-0.1, -0.05) is 44.0 Å². The SMILES string of the molecule is CCc1cccc(CCCCCCC(=O)O)c1. The van der Waals surface area contributed by atoms with Crippen molar-refractivity contribution >= 4 is 5.97 Å². The van der Waals surface area contributed by atoms with Crippen LogP contribution in [0.3, 0.4) is 0 Å². The Morgan fingerprint density at radius 1 is 1.12 bits per heavy atom. The second-order valence-electron chi connectivity index (χ2n) is 4.48. The summed E-state index contributed by atoms with van der Waals surface area (Å²) in [7, 11) is 0. The molecule has 0 saturated heterocycles. The molecule has 0 unspecified atom stereocenters. The number of carbonyl (C=O) groups is 1. The van der Waals surface area contributed by atoms with Crippen molar-refractivity contribution in [1.29, 1.82) is 0 Å². The van der Waals surface area contributed by atoms with Gasteiger partial charge in [0, 0.05) is 6.42 Å². The highest BCUT2D eigenvalue weighted by atomic mass is 16.4. The fourth-order valence-corrected chi connectivity index (χ4v) is 1.96. The normalized spacial score (nSPS) is 10.4. The molecule has 0 radical (unpaired) electrons. The number of aryl methyl sites for hydroxylation is 2. The smallest absolute Gasteiger partial charge is 0.303 e. The highest BCUT2D eigenvalue weighted by Gasteiger charge is 1.98. The molecule has 1 rings (SSSR count). The lowest BCUT2D eigenvalue weighted by Gasteiger charge is -2.03. The monoisotopic (exact) mass is 234 g/mol. The van der Waals surface area contributed by atoms with Gasteiger partial charge in [-0.3, -0.25) is 4.79 Å². The first-order chi connectivity index (χ1) is 8.22. The summed E-state index contributed by atoms with van der Waals surface area (Å²) in [4.78, 5) is 10.3.